The van der Waals surface area contributed by atoms with Crippen molar-refractivity contribution in [3.63, 3.8) is 0 Å². The number of ether oxygens (including phenoxy) is 3. The first-order valence-electron chi connectivity index (χ1n) is 8.97. The first-order valence-corrected chi connectivity index (χ1v) is 8.97. The normalized spacial score (nSPS) is 15.7. The van der Waals surface area contributed by atoms with Crippen LogP contribution in [-0.4, -0.2) is 44.1 Å². The van der Waals surface area contributed by atoms with Crippen molar-refractivity contribution in [2.75, 3.05) is 27.4 Å². The Morgan fingerprint density at radius 1 is 1.22 bits per heavy atom. The third-order valence-electron chi connectivity index (χ3n) is 4.25. The average Bonchev–Trinajstić information content (AvgIpc) is 2.86. The Labute approximate surface area is 160 Å². The Kier molecular flexibility index (Phi) is 6.66. The van der Waals surface area contributed by atoms with Gasteiger partial charge in [0, 0.05) is 12.2 Å². The SMILES string of the molecule is CCOc1ccc(/C=C2/C(=O)N(CC(C)C)C(C)=C2C(=O)OC)cc1OC. The summed E-state index contributed by atoms with van der Waals surface area (Å²) >= 11 is 0. The van der Waals surface area contributed by atoms with Crippen LogP contribution in [-0.2, 0) is 14.3 Å². The molecule has 1 amide bonds. The fraction of sp³-hybridized carbons (Fsp3) is 0.429. The highest BCUT2D eigenvalue weighted by Gasteiger charge is 2.37. The Morgan fingerprint density at radius 3 is 2.48 bits per heavy atom. The first-order chi connectivity index (χ1) is 12.8. The van der Waals surface area contributed by atoms with Gasteiger partial charge in [-0.3, -0.25) is 4.79 Å². The number of carbonyl (C=O) groups excluding carboxylic acids is 2. The molecule has 0 unspecified atom stereocenters. The molecule has 146 valence electrons. The van der Waals surface area contributed by atoms with Gasteiger partial charge < -0.3 is 19.1 Å². The maximum Gasteiger partial charge on any atom is 0.340 e. The van der Waals surface area contributed by atoms with Crippen molar-refractivity contribution < 1.29 is 23.8 Å². The highest BCUT2D eigenvalue weighted by molar-refractivity contribution is 6.16. The molecule has 0 N–H and O–H groups in total. The van der Waals surface area contributed by atoms with Gasteiger partial charge in [-0.15, -0.1) is 0 Å². The summed E-state index contributed by atoms with van der Waals surface area (Å²) in [5, 5.41) is 0. The van der Waals surface area contributed by atoms with Crippen LogP contribution >= 0.6 is 0 Å². The lowest BCUT2D eigenvalue weighted by atomic mass is 10.0. The minimum Gasteiger partial charge on any atom is -0.493 e. The number of hydrogen-bond acceptors (Lipinski definition) is 5. The van der Waals surface area contributed by atoms with Gasteiger partial charge in [-0.2, -0.15) is 0 Å². The van der Waals surface area contributed by atoms with E-state index in [0.29, 0.717) is 41.5 Å². The van der Waals surface area contributed by atoms with Crippen LogP contribution in [0.5, 0.6) is 11.5 Å². The predicted molar refractivity (Wildman–Crippen MR) is 103 cm³/mol. The number of amides is 1. The molecule has 27 heavy (non-hydrogen) atoms. The Bertz CT molecular complexity index is 792. The number of allylic oxidation sites excluding steroid dienone is 1. The Hall–Kier alpha value is -2.76. The van der Waals surface area contributed by atoms with Crippen LogP contribution in [0.2, 0.25) is 0 Å². The van der Waals surface area contributed by atoms with Gasteiger partial charge >= 0.3 is 5.97 Å². The molecule has 0 aliphatic carbocycles. The fourth-order valence-electron chi connectivity index (χ4n) is 3.03. The largest absolute Gasteiger partial charge is 0.493 e. The third kappa shape index (κ3) is 4.32. The van der Waals surface area contributed by atoms with Gasteiger partial charge in [-0.1, -0.05) is 19.9 Å². The maximum atomic E-state index is 13.0. The summed E-state index contributed by atoms with van der Waals surface area (Å²) in [6, 6.07) is 5.39. The fourth-order valence-corrected chi connectivity index (χ4v) is 3.03. The molecule has 2 rings (SSSR count). The van der Waals surface area contributed by atoms with Gasteiger partial charge in [0.15, 0.2) is 11.5 Å². The molecule has 1 aliphatic rings. The van der Waals surface area contributed by atoms with Gasteiger partial charge in [-0.25, -0.2) is 4.79 Å². The molecule has 0 radical (unpaired) electrons. The number of hydrogen-bond donors (Lipinski definition) is 0. The van der Waals surface area contributed by atoms with Crippen LogP contribution in [0.4, 0.5) is 0 Å². The predicted octanol–water partition coefficient (Wildman–Crippen LogP) is 3.42. The molecule has 0 atom stereocenters. The number of benzene rings is 1. The maximum absolute atomic E-state index is 13.0. The topological polar surface area (TPSA) is 65.1 Å². The van der Waals surface area contributed by atoms with E-state index < -0.39 is 5.97 Å². The molecule has 0 saturated carbocycles. The molecule has 1 heterocycles. The van der Waals surface area contributed by atoms with Crippen molar-refractivity contribution in [1.29, 1.82) is 0 Å². The van der Waals surface area contributed by atoms with Gasteiger partial charge in [-0.05, 0) is 43.5 Å². The zero-order valence-corrected chi connectivity index (χ0v) is 16.8. The Morgan fingerprint density at radius 2 is 1.93 bits per heavy atom. The monoisotopic (exact) mass is 373 g/mol. The van der Waals surface area contributed by atoms with E-state index in [2.05, 4.69) is 0 Å². The molecule has 6 heteroatoms. The molecule has 0 spiro atoms. The molecule has 0 saturated heterocycles. The number of esters is 1. The summed E-state index contributed by atoms with van der Waals surface area (Å²) in [7, 11) is 2.87. The molecule has 1 aliphatic heterocycles. The Balaban J connectivity index is 2.51. The zero-order valence-electron chi connectivity index (χ0n) is 16.8. The van der Waals surface area contributed by atoms with Crippen LogP contribution in [0, 0.1) is 5.92 Å². The molecule has 0 bridgehead atoms. The molecular formula is C21H27NO5. The number of methoxy groups -OCH3 is 2. The van der Waals surface area contributed by atoms with E-state index in [0.717, 1.165) is 5.56 Å². The lowest BCUT2D eigenvalue weighted by molar-refractivity contribution is -0.136. The highest BCUT2D eigenvalue weighted by atomic mass is 16.5. The van der Waals surface area contributed by atoms with Gasteiger partial charge in [0.1, 0.15) is 0 Å². The summed E-state index contributed by atoms with van der Waals surface area (Å²) in [5.74, 6) is 0.746. The van der Waals surface area contributed by atoms with Gasteiger partial charge in [0.05, 0.1) is 32.0 Å². The van der Waals surface area contributed by atoms with Crippen molar-refractivity contribution in [2.45, 2.75) is 27.7 Å². The van der Waals surface area contributed by atoms with Crippen molar-refractivity contribution in [1.82, 2.24) is 4.90 Å². The van der Waals surface area contributed by atoms with Crippen LogP contribution in [0.1, 0.15) is 33.3 Å². The summed E-state index contributed by atoms with van der Waals surface area (Å²) in [5.41, 5.74) is 1.98. The van der Waals surface area contributed by atoms with Crippen molar-refractivity contribution in [3.8, 4) is 11.5 Å². The number of nitrogens with zero attached hydrogens (tertiary/aromatic N) is 1. The minimum absolute atomic E-state index is 0.200. The highest BCUT2D eigenvalue weighted by Crippen LogP contribution is 2.34. The number of carbonyl (C=O) groups is 2. The van der Waals surface area contributed by atoms with Crippen molar-refractivity contribution in [2.24, 2.45) is 5.92 Å². The van der Waals surface area contributed by atoms with Crippen LogP contribution in [0.25, 0.3) is 6.08 Å². The van der Waals surface area contributed by atoms with E-state index in [1.54, 1.807) is 37.1 Å². The van der Waals surface area contributed by atoms with E-state index in [-0.39, 0.29) is 11.8 Å². The molecule has 0 aromatic heterocycles. The van der Waals surface area contributed by atoms with Gasteiger partial charge in [0.2, 0.25) is 0 Å². The minimum atomic E-state index is -0.517. The van der Waals surface area contributed by atoms with E-state index >= 15 is 0 Å². The van der Waals surface area contributed by atoms with Crippen LogP contribution in [0.15, 0.2) is 35.0 Å². The quantitative estimate of drug-likeness (QED) is 0.541. The number of rotatable bonds is 7. The standard InChI is InChI=1S/C21H27NO5/c1-7-27-17-9-8-15(11-18(17)25-5)10-16-19(21(24)26-6)14(4)22(20(16)23)12-13(2)3/h8-11,13H,7,12H2,1-6H3/b16-10+. The second kappa shape index (κ2) is 8.75. The van der Waals surface area contributed by atoms with Crippen LogP contribution in [0.3, 0.4) is 0 Å². The summed E-state index contributed by atoms with van der Waals surface area (Å²) in [6.45, 7) is 8.77. The van der Waals surface area contributed by atoms with E-state index in [1.165, 1.54) is 7.11 Å². The second-order valence-electron chi connectivity index (χ2n) is 6.66. The van der Waals surface area contributed by atoms with Gasteiger partial charge in [0.25, 0.3) is 5.91 Å². The third-order valence-corrected chi connectivity index (χ3v) is 4.25. The lowest BCUT2D eigenvalue weighted by Crippen LogP contribution is -2.28. The first kappa shape index (κ1) is 20.6. The van der Waals surface area contributed by atoms with E-state index in [1.807, 2.05) is 26.8 Å². The smallest absolute Gasteiger partial charge is 0.340 e. The van der Waals surface area contributed by atoms with Crippen LogP contribution < -0.4 is 9.47 Å². The van der Waals surface area contributed by atoms with Crippen molar-refractivity contribution >= 4 is 18.0 Å². The molecule has 1 aromatic carbocycles. The van der Waals surface area contributed by atoms with Crippen molar-refractivity contribution in [3.05, 3.63) is 40.6 Å². The van der Waals surface area contributed by atoms with E-state index in [9.17, 15) is 9.59 Å². The molecule has 0 fully saturated rings. The lowest BCUT2D eigenvalue weighted by Gasteiger charge is -2.19. The summed E-state index contributed by atoms with van der Waals surface area (Å²) in [6.07, 6.45) is 1.69. The molecular weight excluding hydrogens is 346 g/mol. The van der Waals surface area contributed by atoms with E-state index in [4.69, 9.17) is 14.2 Å². The average molecular weight is 373 g/mol. The zero-order chi connectivity index (χ0) is 20.1. The molecule has 6 nitrogen and oxygen atoms in total. The second-order valence-corrected chi connectivity index (χ2v) is 6.66. The summed E-state index contributed by atoms with van der Waals surface area (Å²) < 4.78 is 15.8. The summed E-state index contributed by atoms with van der Waals surface area (Å²) in [4.78, 5) is 26.9. The molecule has 1 aromatic rings.